The van der Waals surface area contributed by atoms with Crippen LogP contribution in [0, 0.1) is 5.41 Å². The molecular formula is C33H34Cl2N6O3. The van der Waals surface area contributed by atoms with Crippen LogP contribution >= 0.6 is 23.2 Å². The molecule has 0 saturated carbocycles. The van der Waals surface area contributed by atoms with Gasteiger partial charge in [-0.2, -0.15) is 0 Å². The molecule has 0 aliphatic rings. The van der Waals surface area contributed by atoms with Gasteiger partial charge in [-0.05, 0) is 60.9 Å². The molecule has 0 heterocycles. The summed E-state index contributed by atoms with van der Waals surface area (Å²) in [6.07, 6.45) is -0.205. The molecule has 0 unspecified atom stereocenters. The molecule has 4 aromatic carbocycles. The first-order valence-electron chi connectivity index (χ1n) is 13.9. The summed E-state index contributed by atoms with van der Waals surface area (Å²) in [6, 6.07) is 20.5. The van der Waals surface area contributed by atoms with E-state index < -0.39 is 0 Å². The monoisotopic (exact) mass is 632 g/mol. The maximum Gasteiger partial charge on any atom is 0.251 e. The van der Waals surface area contributed by atoms with Crippen molar-refractivity contribution in [1.29, 1.82) is 5.41 Å². The zero-order valence-electron chi connectivity index (χ0n) is 24.3. The summed E-state index contributed by atoms with van der Waals surface area (Å²) in [5, 5.41) is 28.6. The van der Waals surface area contributed by atoms with E-state index in [0.29, 0.717) is 33.1 Å². The van der Waals surface area contributed by atoms with E-state index in [2.05, 4.69) is 16.0 Å². The Morgan fingerprint density at radius 1 is 0.909 bits per heavy atom. The molecule has 0 radical (unpaired) electrons. The number of carbonyl (C=O) groups excluding carboxylic acids is 2. The van der Waals surface area contributed by atoms with Crippen LogP contribution in [0.2, 0.25) is 10.0 Å². The van der Waals surface area contributed by atoms with Crippen molar-refractivity contribution >= 4 is 52.2 Å². The van der Waals surface area contributed by atoms with Gasteiger partial charge in [-0.3, -0.25) is 15.0 Å². The van der Waals surface area contributed by atoms with Crippen LogP contribution in [-0.2, 0) is 24.3 Å². The van der Waals surface area contributed by atoms with Crippen molar-refractivity contribution in [2.24, 2.45) is 5.73 Å². The number of amidine groups is 1. The highest BCUT2D eigenvalue weighted by atomic mass is 35.5. The van der Waals surface area contributed by atoms with E-state index in [4.69, 9.17) is 40.1 Å². The van der Waals surface area contributed by atoms with Gasteiger partial charge in [0, 0.05) is 52.1 Å². The number of phenols is 1. The first-order valence-corrected chi connectivity index (χ1v) is 14.6. The minimum atomic E-state index is -0.382. The van der Waals surface area contributed by atoms with Gasteiger partial charge in [0.15, 0.2) is 0 Å². The number of amides is 2. The zero-order chi connectivity index (χ0) is 32.0. The number of hydrogen-bond donors (Lipinski definition) is 7. The number of nitrogens with one attached hydrogen (secondary N) is 4. The van der Waals surface area contributed by atoms with Gasteiger partial charge in [0.2, 0.25) is 5.91 Å². The molecule has 4 aromatic rings. The summed E-state index contributed by atoms with van der Waals surface area (Å²) in [6.45, 7) is 4.26. The fraction of sp³-hybridized carbons (Fsp3) is 0.182. The van der Waals surface area contributed by atoms with Crippen LogP contribution in [-0.4, -0.2) is 28.8 Å². The number of nitrogens with two attached hydrogens (primary N) is 2. The number of phenolic OH excluding ortho intramolecular Hbond substituents is 1. The van der Waals surface area contributed by atoms with Crippen LogP contribution in [0.5, 0.6) is 5.75 Å². The number of benzene rings is 4. The van der Waals surface area contributed by atoms with Crippen LogP contribution in [0.3, 0.4) is 0 Å². The standard InChI is InChI=1S/C33H34Cl2N6O3/c1-18(2)41-28-15-27(35)30(25(31(28)43)14-29(42)39-16-19-7-9-20(10-8-19)32(37)38)22-11-23(13-24(36)12-22)33(44)40-17-21-5-3-4-6-26(21)34/h3-13,15,18,41,43H,14,16-17,36H2,1-2H3,(H3,37,38)(H,39,42)(H,40,44). The SMILES string of the molecule is CC(C)Nc1cc(Cl)c(-c2cc(N)cc(C(=O)NCc3ccccc3Cl)c2)c(CC(=O)NCc2ccc(C(=N)N)cc2)c1O. The fourth-order valence-electron chi connectivity index (χ4n) is 4.67. The predicted octanol–water partition coefficient (Wildman–Crippen LogP) is 5.84. The summed E-state index contributed by atoms with van der Waals surface area (Å²) in [5.74, 6) is -0.923. The summed E-state index contributed by atoms with van der Waals surface area (Å²) >= 11 is 13.0. The van der Waals surface area contributed by atoms with E-state index in [1.807, 2.05) is 32.0 Å². The van der Waals surface area contributed by atoms with Crippen LogP contribution in [0.25, 0.3) is 11.1 Å². The van der Waals surface area contributed by atoms with E-state index >= 15 is 0 Å². The Balaban J connectivity index is 1.64. The van der Waals surface area contributed by atoms with Gasteiger partial charge in [-0.25, -0.2) is 0 Å². The minimum absolute atomic E-state index is 0.0248. The number of rotatable bonds is 11. The average Bonchev–Trinajstić information content (AvgIpc) is 2.97. The number of carbonyl (C=O) groups is 2. The quantitative estimate of drug-likeness (QED) is 0.0474. The largest absolute Gasteiger partial charge is 0.505 e. The summed E-state index contributed by atoms with van der Waals surface area (Å²) < 4.78 is 0. The lowest BCUT2D eigenvalue weighted by molar-refractivity contribution is -0.120. The lowest BCUT2D eigenvalue weighted by atomic mass is 9.93. The second-order valence-corrected chi connectivity index (χ2v) is 11.4. The van der Waals surface area contributed by atoms with E-state index in [0.717, 1.165) is 11.1 Å². The van der Waals surface area contributed by atoms with Crippen molar-refractivity contribution in [1.82, 2.24) is 10.6 Å². The van der Waals surface area contributed by atoms with Gasteiger partial charge < -0.3 is 32.5 Å². The number of anilines is 2. The molecule has 2 amide bonds. The first kappa shape index (κ1) is 32.2. The molecule has 0 aromatic heterocycles. The molecule has 9 N–H and O–H groups in total. The van der Waals surface area contributed by atoms with E-state index in [1.54, 1.807) is 48.5 Å². The van der Waals surface area contributed by atoms with Crippen LogP contribution in [0.4, 0.5) is 11.4 Å². The summed E-state index contributed by atoms with van der Waals surface area (Å²) in [4.78, 5) is 26.3. The molecule has 0 spiro atoms. The van der Waals surface area contributed by atoms with Crippen molar-refractivity contribution in [2.45, 2.75) is 39.4 Å². The zero-order valence-corrected chi connectivity index (χ0v) is 25.8. The Morgan fingerprint density at radius 3 is 2.27 bits per heavy atom. The van der Waals surface area contributed by atoms with Gasteiger partial charge in [0.25, 0.3) is 5.91 Å². The Kier molecular flexibility index (Phi) is 10.4. The maximum absolute atomic E-state index is 13.2. The highest BCUT2D eigenvalue weighted by Gasteiger charge is 2.22. The molecule has 0 aliphatic heterocycles. The molecule has 4 rings (SSSR count). The minimum Gasteiger partial charge on any atom is -0.505 e. The maximum atomic E-state index is 13.2. The lowest BCUT2D eigenvalue weighted by Crippen LogP contribution is -2.25. The van der Waals surface area contributed by atoms with Crippen molar-refractivity contribution in [3.8, 4) is 16.9 Å². The predicted molar refractivity (Wildman–Crippen MR) is 177 cm³/mol. The lowest BCUT2D eigenvalue weighted by Gasteiger charge is -2.20. The second-order valence-electron chi connectivity index (χ2n) is 10.6. The third-order valence-corrected chi connectivity index (χ3v) is 7.46. The Morgan fingerprint density at radius 2 is 1.61 bits per heavy atom. The highest BCUT2D eigenvalue weighted by molar-refractivity contribution is 6.34. The van der Waals surface area contributed by atoms with Crippen molar-refractivity contribution in [3.05, 3.63) is 111 Å². The van der Waals surface area contributed by atoms with Gasteiger partial charge in [0.05, 0.1) is 17.1 Å². The van der Waals surface area contributed by atoms with Crippen LogP contribution < -0.4 is 27.4 Å². The van der Waals surface area contributed by atoms with Crippen molar-refractivity contribution in [3.63, 3.8) is 0 Å². The second kappa shape index (κ2) is 14.2. The van der Waals surface area contributed by atoms with Gasteiger partial charge in [0.1, 0.15) is 11.6 Å². The normalized spacial score (nSPS) is 10.8. The Bertz CT molecular complexity index is 1710. The fourth-order valence-corrected chi connectivity index (χ4v) is 5.20. The number of hydrogen-bond acceptors (Lipinski definition) is 6. The average molecular weight is 634 g/mol. The molecule has 228 valence electrons. The molecule has 0 atom stereocenters. The third kappa shape index (κ3) is 8.00. The molecule has 44 heavy (non-hydrogen) atoms. The molecule has 0 bridgehead atoms. The molecule has 11 heteroatoms. The summed E-state index contributed by atoms with van der Waals surface area (Å²) in [7, 11) is 0. The van der Waals surface area contributed by atoms with E-state index in [9.17, 15) is 14.7 Å². The molecule has 0 saturated heterocycles. The number of halogens is 2. The van der Waals surface area contributed by atoms with Crippen molar-refractivity contribution < 1.29 is 14.7 Å². The highest BCUT2D eigenvalue weighted by Crippen LogP contribution is 2.43. The van der Waals surface area contributed by atoms with Crippen molar-refractivity contribution in [2.75, 3.05) is 11.1 Å². The van der Waals surface area contributed by atoms with E-state index in [-0.39, 0.29) is 65.1 Å². The summed E-state index contributed by atoms with van der Waals surface area (Å²) in [5.41, 5.74) is 16.0. The molecule has 0 aliphatic carbocycles. The smallest absolute Gasteiger partial charge is 0.251 e. The molecule has 9 nitrogen and oxygen atoms in total. The number of nitrogen functional groups attached to an aromatic ring is 2. The first-order chi connectivity index (χ1) is 20.9. The Hall–Kier alpha value is -4.73. The van der Waals surface area contributed by atoms with Gasteiger partial charge in [-0.1, -0.05) is 65.7 Å². The Labute approximate surface area is 266 Å². The van der Waals surface area contributed by atoms with Crippen LogP contribution in [0.1, 0.15) is 46.5 Å². The molecule has 0 fully saturated rings. The third-order valence-electron chi connectivity index (χ3n) is 6.79. The topological polar surface area (TPSA) is 166 Å². The van der Waals surface area contributed by atoms with E-state index in [1.165, 1.54) is 6.07 Å². The molecular weight excluding hydrogens is 599 g/mol. The van der Waals surface area contributed by atoms with Gasteiger partial charge in [-0.15, -0.1) is 0 Å². The van der Waals surface area contributed by atoms with Crippen LogP contribution in [0.15, 0.2) is 72.8 Å². The van der Waals surface area contributed by atoms with Gasteiger partial charge >= 0.3 is 0 Å². The number of aromatic hydroxyl groups is 1.